The molecule has 1 aromatic carbocycles. The van der Waals surface area contributed by atoms with Crippen LogP contribution in [0.3, 0.4) is 0 Å². The predicted molar refractivity (Wildman–Crippen MR) is 76.9 cm³/mol. The van der Waals surface area contributed by atoms with Gasteiger partial charge in [0.2, 0.25) is 0 Å². The molecule has 0 radical (unpaired) electrons. The molecule has 0 unspecified atom stereocenters. The summed E-state index contributed by atoms with van der Waals surface area (Å²) in [6.45, 7) is 0.313. The van der Waals surface area contributed by atoms with Gasteiger partial charge in [-0.3, -0.25) is 0 Å². The molecule has 118 valence electrons. The zero-order chi connectivity index (χ0) is 15.4. The molecule has 0 bridgehead atoms. The molecule has 1 heterocycles. The molecule has 0 saturated carbocycles. The zero-order valence-electron chi connectivity index (χ0n) is 11.4. The van der Waals surface area contributed by atoms with E-state index in [-0.39, 0.29) is 6.54 Å². The molecule has 1 aliphatic heterocycles. The average molecular weight is 318 g/mol. The van der Waals surface area contributed by atoms with Crippen molar-refractivity contribution in [2.24, 2.45) is 0 Å². The van der Waals surface area contributed by atoms with Gasteiger partial charge in [0.15, 0.2) is 0 Å². The van der Waals surface area contributed by atoms with E-state index < -0.39 is 37.1 Å². The van der Waals surface area contributed by atoms with Gasteiger partial charge in [-0.25, -0.2) is 0 Å². The van der Waals surface area contributed by atoms with Gasteiger partial charge in [-0.15, -0.1) is 0 Å². The van der Waals surface area contributed by atoms with Crippen LogP contribution in [0.4, 0.5) is 0 Å². The Kier molecular flexibility index (Phi) is 5.95. The number of ether oxygens (including phenoxy) is 1. The van der Waals surface area contributed by atoms with Crippen LogP contribution in [-0.4, -0.2) is 64.1 Å². The summed E-state index contributed by atoms with van der Waals surface area (Å²) in [6, 6.07) is 7.37. The Morgan fingerprint density at radius 2 is 1.71 bits per heavy atom. The minimum absolute atomic E-state index is 0.257. The summed E-state index contributed by atoms with van der Waals surface area (Å²) in [7, 11) is 0. The predicted octanol–water partition coefficient (Wildman–Crippen LogP) is -0.728. The first kappa shape index (κ1) is 16.6. The first-order chi connectivity index (χ1) is 10.0. The molecular weight excluding hydrogens is 298 g/mol. The number of hydrogen-bond acceptors (Lipinski definition) is 6. The Balaban J connectivity index is 1.89. The fourth-order valence-corrected chi connectivity index (χ4v) is 2.54. The maximum atomic E-state index is 9.89. The van der Waals surface area contributed by atoms with Crippen molar-refractivity contribution in [1.29, 1.82) is 0 Å². The number of aliphatic hydroxyl groups excluding tert-OH is 4. The molecule has 7 heteroatoms. The molecule has 21 heavy (non-hydrogen) atoms. The van der Waals surface area contributed by atoms with Gasteiger partial charge in [-0.05, 0) is 11.6 Å². The highest BCUT2D eigenvalue weighted by Gasteiger charge is 2.42. The number of benzene rings is 1. The molecule has 1 fully saturated rings. The Morgan fingerprint density at radius 1 is 1.05 bits per heavy atom. The number of rotatable bonds is 5. The van der Waals surface area contributed by atoms with Crippen LogP contribution < -0.4 is 5.32 Å². The summed E-state index contributed by atoms with van der Waals surface area (Å²) in [5, 5.41) is 42.1. The lowest BCUT2D eigenvalue weighted by atomic mass is 9.95. The second-order valence-corrected chi connectivity index (χ2v) is 5.50. The lowest BCUT2D eigenvalue weighted by Gasteiger charge is -2.40. The van der Waals surface area contributed by atoms with Crippen LogP contribution in [0.1, 0.15) is 5.56 Å². The van der Waals surface area contributed by atoms with E-state index in [2.05, 4.69) is 5.32 Å². The molecule has 0 aliphatic carbocycles. The second-order valence-electron chi connectivity index (χ2n) is 5.09. The van der Waals surface area contributed by atoms with E-state index in [4.69, 9.17) is 21.4 Å². The van der Waals surface area contributed by atoms with Crippen molar-refractivity contribution in [2.75, 3.05) is 13.2 Å². The number of nitrogens with one attached hydrogen (secondary N) is 1. The van der Waals surface area contributed by atoms with Crippen molar-refractivity contribution in [3.63, 3.8) is 0 Å². The Hall–Kier alpha value is -0.730. The summed E-state index contributed by atoms with van der Waals surface area (Å²) >= 11 is 6.04. The van der Waals surface area contributed by atoms with Crippen LogP contribution in [0.15, 0.2) is 24.3 Å². The second kappa shape index (κ2) is 7.51. The van der Waals surface area contributed by atoms with Crippen LogP contribution in [0.2, 0.25) is 5.02 Å². The highest BCUT2D eigenvalue weighted by Crippen LogP contribution is 2.21. The lowest BCUT2D eigenvalue weighted by molar-refractivity contribution is -0.227. The number of aliphatic hydroxyl groups is 4. The van der Waals surface area contributed by atoms with E-state index >= 15 is 0 Å². The van der Waals surface area contributed by atoms with Gasteiger partial charge in [0, 0.05) is 18.1 Å². The van der Waals surface area contributed by atoms with Gasteiger partial charge in [-0.1, -0.05) is 29.8 Å². The molecule has 0 aromatic heterocycles. The molecule has 1 aliphatic rings. The van der Waals surface area contributed by atoms with Crippen LogP contribution in [0.5, 0.6) is 0 Å². The third kappa shape index (κ3) is 3.92. The summed E-state index contributed by atoms with van der Waals surface area (Å²) in [5.74, 6) is 0. The quantitative estimate of drug-likeness (QED) is 0.491. The molecule has 5 N–H and O–H groups in total. The first-order valence-electron chi connectivity index (χ1n) is 6.79. The minimum Gasteiger partial charge on any atom is -0.394 e. The lowest BCUT2D eigenvalue weighted by Crippen LogP contribution is -2.60. The van der Waals surface area contributed by atoms with Crippen molar-refractivity contribution in [3.8, 4) is 0 Å². The van der Waals surface area contributed by atoms with Crippen molar-refractivity contribution in [1.82, 2.24) is 5.32 Å². The van der Waals surface area contributed by atoms with Crippen LogP contribution in [-0.2, 0) is 11.3 Å². The van der Waals surface area contributed by atoms with Crippen molar-refractivity contribution in [3.05, 3.63) is 34.9 Å². The molecule has 2 rings (SSSR count). The summed E-state index contributed by atoms with van der Waals surface area (Å²) < 4.78 is 5.39. The van der Waals surface area contributed by atoms with Gasteiger partial charge in [-0.2, -0.15) is 0 Å². The first-order valence-corrected chi connectivity index (χ1v) is 7.17. The number of halogens is 1. The van der Waals surface area contributed by atoms with E-state index in [0.717, 1.165) is 5.56 Å². The molecule has 0 spiro atoms. The van der Waals surface area contributed by atoms with Crippen LogP contribution in [0, 0.1) is 0 Å². The maximum Gasteiger partial charge on any atom is 0.111 e. The van der Waals surface area contributed by atoms with Gasteiger partial charge < -0.3 is 30.5 Å². The minimum atomic E-state index is -1.34. The summed E-state index contributed by atoms with van der Waals surface area (Å²) in [6.07, 6.45) is -5.49. The Bertz CT molecular complexity index is 459. The zero-order valence-corrected chi connectivity index (χ0v) is 12.1. The SMILES string of the molecule is OC[C@H]1O[C@@H](CNCc2ccccc2Cl)[C@H](O)[C@@H](O)[C@@H]1O. The fraction of sp³-hybridized carbons (Fsp3) is 0.571. The van der Waals surface area contributed by atoms with Gasteiger partial charge >= 0.3 is 0 Å². The van der Waals surface area contributed by atoms with Gasteiger partial charge in [0.05, 0.1) is 12.7 Å². The normalized spacial score (nSPS) is 33.1. The molecular formula is C14H20ClNO5. The van der Waals surface area contributed by atoms with Gasteiger partial charge in [0.1, 0.15) is 24.4 Å². The third-order valence-electron chi connectivity index (χ3n) is 3.61. The number of hydrogen-bond donors (Lipinski definition) is 5. The monoisotopic (exact) mass is 317 g/mol. The standard InChI is InChI=1S/C14H20ClNO5/c15-9-4-2-1-3-8(9)5-16-6-10-12(18)14(20)13(19)11(7-17)21-10/h1-4,10-14,16-20H,5-7H2/t10-,11+,12-,13+,14+/m0/s1. The van der Waals surface area contributed by atoms with Crippen molar-refractivity contribution in [2.45, 2.75) is 37.1 Å². The average Bonchev–Trinajstić information content (AvgIpc) is 2.49. The van der Waals surface area contributed by atoms with Crippen molar-refractivity contribution < 1.29 is 25.2 Å². The Labute approximate surface area is 127 Å². The van der Waals surface area contributed by atoms with Crippen LogP contribution in [0.25, 0.3) is 0 Å². The molecule has 1 saturated heterocycles. The largest absolute Gasteiger partial charge is 0.394 e. The van der Waals surface area contributed by atoms with E-state index in [9.17, 15) is 15.3 Å². The van der Waals surface area contributed by atoms with Gasteiger partial charge in [0.25, 0.3) is 0 Å². The summed E-state index contributed by atoms with van der Waals surface area (Å²) in [4.78, 5) is 0. The molecule has 5 atom stereocenters. The summed E-state index contributed by atoms with van der Waals surface area (Å²) in [5.41, 5.74) is 0.906. The maximum absolute atomic E-state index is 9.89. The molecule has 0 amide bonds. The topological polar surface area (TPSA) is 102 Å². The smallest absolute Gasteiger partial charge is 0.111 e. The fourth-order valence-electron chi connectivity index (χ4n) is 2.34. The van der Waals surface area contributed by atoms with E-state index in [1.165, 1.54) is 0 Å². The highest BCUT2D eigenvalue weighted by atomic mass is 35.5. The van der Waals surface area contributed by atoms with E-state index in [1.54, 1.807) is 6.07 Å². The van der Waals surface area contributed by atoms with E-state index in [0.29, 0.717) is 11.6 Å². The van der Waals surface area contributed by atoms with Crippen LogP contribution >= 0.6 is 11.6 Å². The van der Waals surface area contributed by atoms with E-state index in [1.807, 2.05) is 18.2 Å². The molecule has 6 nitrogen and oxygen atoms in total. The third-order valence-corrected chi connectivity index (χ3v) is 3.98. The van der Waals surface area contributed by atoms with Crippen molar-refractivity contribution >= 4 is 11.6 Å². The molecule has 1 aromatic rings. The Morgan fingerprint density at radius 3 is 2.38 bits per heavy atom. The highest BCUT2D eigenvalue weighted by molar-refractivity contribution is 6.31.